The lowest BCUT2D eigenvalue weighted by molar-refractivity contribution is -0.0704. The zero-order chi connectivity index (χ0) is 12.5. The van der Waals surface area contributed by atoms with Crippen LogP contribution >= 0.6 is 0 Å². The summed E-state index contributed by atoms with van der Waals surface area (Å²) in [5.74, 6) is 0.207. The molecule has 1 aliphatic carbocycles. The van der Waals surface area contributed by atoms with Crippen molar-refractivity contribution in [2.75, 3.05) is 7.11 Å². The van der Waals surface area contributed by atoms with Gasteiger partial charge in [-0.05, 0) is 45.2 Å². The van der Waals surface area contributed by atoms with Crippen molar-refractivity contribution in [2.45, 2.75) is 45.1 Å². The van der Waals surface area contributed by atoms with Gasteiger partial charge in [0.05, 0.1) is 5.60 Å². The number of ether oxygens (including phenoxy) is 1. The van der Waals surface area contributed by atoms with Gasteiger partial charge in [-0.25, -0.2) is 0 Å². The van der Waals surface area contributed by atoms with Crippen LogP contribution in [0.15, 0.2) is 18.2 Å². The Morgan fingerprint density at radius 1 is 1.24 bits per heavy atom. The van der Waals surface area contributed by atoms with E-state index in [4.69, 9.17) is 4.74 Å². The molecule has 2 heteroatoms. The SMILES string of the molecule is COC1(CC(=O)c2cc(C)cc(C)c2)CCC1. The van der Waals surface area contributed by atoms with Gasteiger partial charge in [0.25, 0.3) is 0 Å². The number of Topliss-reactive ketones (excluding diaryl/α,β-unsaturated/α-hetero) is 1. The van der Waals surface area contributed by atoms with Crippen molar-refractivity contribution >= 4 is 5.78 Å². The van der Waals surface area contributed by atoms with Crippen LogP contribution in [0.25, 0.3) is 0 Å². The van der Waals surface area contributed by atoms with Gasteiger partial charge in [-0.3, -0.25) is 4.79 Å². The molecule has 0 unspecified atom stereocenters. The van der Waals surface area contributed by atoms with E-state index in [1.807, 2.05) is 26.0 Å². The van der Waals surface area contributed by atoms with Crippen LogP contribution in [0.2, 0.25) is 0 Å². The fraction of sp³-hybridized carbons (Fsp3) is 0.533. The maximum absolute atomic E-state index is 12.2. The minimum Gasteiger partial charge on any atom is -0.378 e. The first-order valence-electron chi connectivity index (χ1n) is 6.21. The molecule has 0 saturated heterocycles. The number of aryl methyl sites for hydroxylation is 2. The molecule has 0 heterocycles. The number of benzene rings is 1. The molecular formula is C15H20O2. The van der Waals surface area contributed by atoms with Gasteiger partial charge < -0.3 is 4.74 Å². The molecule has 2 rings (SSSR count). The Bertz CT molecular complexity index is 405. The van der Waals surface area contributed by atoms with E-state index in [0.29, 0.717) is 6.42 Å². The Morgan fingerprint density at radius 2 is 1.82 bits per heavy atom. The van der Waals surface area contributed by atoms with Crippen molar-refractivity contribution in [3.8, 4) is 0 Å². The van der Waals surface area contributed by atoms with Gasteiger partial charge in [0.15, 0.2) is 5.78 Å². The van der Waals surface area contributed by atoms with Crippen molar-refractivity contribution < 1.29 is 9.53 Å². The highest BCUT2D eigenvalue weighted by Gasteiger charge is 2.39. The Kier molecular flexibility index (Phi) is 3.34. The maximum atomic E-state index is 12.2. The van der Waals surface area contributed by atoms with Gasteiger partial charge in [0.1, 0.15) is 0 Å². The van der Waals surface area contributed by atoms with Gasteiger partial charge in [0, 0.05) is 19.1 Å². The molecule has 0 bridgehead atoms. The van der Waals surface area contributed by atoms with E-state index in [1.54, 1.807) is 7.11 Å². The van der Waals surface area contributed by atoms with Gasteiger partial charge in [-0.2, -0.15) is 0 Å². The second-order valence-electron chi connectivity index (χ2n) is 5.22. The number of hydrogen-bond acceptors (Lipinski definition) is 2. The molecule has 1 aromatic carbocycles. The second kappa shape index (κ2) is 4.61. The smallest absolute Gasteiger partial charge is 0.165 e. The van der Waals surface area contributed by atoms with E-state index in [2.05, 4.69) is 6.07 Å². The molecule has 1 aromatic rings. The summed E-state index contributed by atoms with van der Waals surface area (Å²) in [7, 11) is 1.72. The minimum absolute atomic E-state index is 0.172. The summed E-state index contributed by atoms with van der Waals surface area (Å²) < 4.78 is 5.51. The largest absolute Gasteiger partial charge is 0.378 e. The number of rotatable bonds is 4. The third-order valence-electron chi connectivity index (χ3n) is 3.72. The average molecular weight is 232 g/mol. The standard InChI is InChI=1S/C15H20O2/c1-11-7-12(2)9-13(8-11)14(16)10-15(17-3)5-4-6-15/h7-9H,4-6,10H2,1-3H3. The average Bonchev–Trinajstić information content (AvgIpc) is 2.21. The highest BCUT2D eigenvalue weighted by molar-refractivity contribution is 5.97. The zero-order valence-corrected chi connectivity index (χ0v) is 10.9. The number of carbonyl (C=O) groups excluding carboxylic acids is 1. The van der Waals surface area contributed by atoms with Crippen LogP contribution in [0, 0.1) is 13.8 Å². The summed E-state index contributed by atoms with van der Waals surface area (Å²) in [5.41, 5.74) is 2.95. The van der Waals surface area contributed by atoms with E-state index < -0.39 is 0 Å². The molecule has 0 aromatic heterocycles. The van der Waals surface area contributed by atoms with E-state index in [-0.39, 0.29) is 11.4 Å². The molecule has 0 spiro atoms. The van der Waals surface area contributed by atoms with Crippen molar-refractivity contribution in [1.82, 2.24) is 0 Å². The molecule has 0 aliphatic heterocycles. The Hall–Kier alpha value is -1.15. The van der Waals surface area contributed by atoms with Crippen LogP contribution in [0.5, 0.6) is 0 Å². The number of hydrogen-bond donors (Lipinski definition) is 0. The Labute approximate surface area is 103 Å². The minimum atomic E-state index is -0.172. The quantitative estimate of drug-likeness (QED) is 0.743. The van der Waals surface area contributed by atoms with Crippen molar-refractivity contribution in [2.24, 2.45) is 0 Å². The van der Waals surface area contributed by atoms with Crippen LogP contribution < -0.4 is 0 Å². The van der Waals surface area contributed by atoms with Crippen molar-refractivity contribution in [3.63, 3.8) is 0 Å². The lowest BCUT2D eigenvalue weighted by Crippen LogP contribution is -2.41. The first-order chi connectivity index (χ1) is 8.04. The number of methoxy groups -OCH3 is 1. The molecular weight excluding hydrogens is 212 g/mol. The molecule has 0 amide bonds. The van der Waals surface area contributed by atoms with Crippen LogP contribution in [0.3, 0.4) is 0 Å². The first-order valence-corrected chi connectivity index (χ1v) is 6.21. The fourth-order valence-electron chi connectivity index (χ4n) is 2.55. The summed E-state index contributed by atoms with van der Waals surface area (Å²) in [6.45, 7) is 4.05. The van der Waals surface area contributed by atoms with Gasteiger partial charge in [-0.1, -0.05) is 17.2 Å². The Balaban J connectivity index is 2.14. The molecule has 1 saturated carbocycles. The summed E-state index contributed by atoms with van der Waals surface area (Å²) in [6, 6.07) is 6.03. The van der Waals surface area contributed by atoms with Crippen LogP contribution in [-0.2, 0) is 4.74 Å². The van der Waals surface area contributed by atoms with Gasteiger partial charge in [-0.15, -0.1) is 0 Å². The summed E-state index contributed by atoms with van der Waals surface area (Å²) >= 11 is 0. The fourth-order valence-corrected chi connectivity index (χ4v) is 2.55. The predicted molar refractivity (Wildman–Crippen MR) is 68.5 cm³/mol. The number of ketones is 1. The molecule has 1 fully saturated rings. The zero-order valence-electron chi connectivity index (χ0n) is 10.9. The molecule has 1 aliphatic rings. The predicted octanol–water partition coefficient (Wildman–Crippen LogP) is 3.45. The monoisotopic (exact) mass is 232 g/mol. The lowest BCUT2D eigenvalue weighted by atomic mass is 9.75. The van der Waals surface area contributed by atoms with E-state index in [1.165, 1.54) is 6.42 Å². The van der Waals surface area contributed by atoms with E-state index in [0.717, 1.165) is 29.5 Å². The highest BCUT2D eigenvalue weighted by Crippen LogP contribution is 2.38. The van der Waals surface area contributed by atoms with E-state index in [9.17, 15) is 4.79 Å². The van der Waals surface area contributed by atoms with Crippen LogP contribution in [-0.4, -0.2) is 18.5 Å². The normalized spacial score (nSPS) is 17.6. The third-order valence-corrected chi connectivity index (χ3v) is 3.72. The number of carbonyl (C=O) groups is 1. The Morgan fingerprint density at radius 3 is 2.24 bits per heavy atom. The summed E-state index contributed by atoms with van der Waals surface area (Å²) in [4.78, 5) is 12.2. The molecule has 2 nitrogen and oxygen atoms in total. The molecule has 0 atom stereocenters. The second-order valence-corrected chi connectivity index (χ2v) is 5.22. The van der Waals surface area contributed by atoms with E-state index >= 15 is 0 Å². The van der Waals surface area contributed by atoms with Crippen molar-refractivity contribution in [3.05, 3.63) is 34.9 Å². The van der Waals surface area contributed by atoms with Gasteiger partial charge >= 0.3 is 0 Å². The van der Waals surface area contributed by atoms with Gasteiger partial charge in [0.2, 0.25) is 0 Å². The topological polar surface area (TPSA) is 26.3 Å². The molecule has 0 N–H and O–H groups in total. The molecule has 92 valence electrons. The van der Waals surface area contributed by atoms with Crippen molar-refractivity contribution in [1.29, 1.82) is 0 Å². The van der Waals surface area contributed by atoms with Crippen LogP contribution in [0.4, 0.5) is 0 Å². The summed E-state index contributed by atoms with van der Waals surface area (Å²) in [6.07, 6.45) is 3.72. The molecule has 0 radical (unpaired) electrons. The lowest BCUT2D eigenvalue weighted by Gasteiger charge is -2.40. The highest BCUT2D eigenvalue weighted by atomic mass is 16.5. The summed E-state index contributed by atoms with van der Waals surface area (Å²) in [5, 5.41) is 0. The molecule has 17 heavy (non-hydrogen) atoms. The third kappa shape index (κ3) is 2.58. The first kappa shape index (κ1) is 12.3. The van der Waals surface area contributed by atoms with Crippen LogP contribution in [0.1, 0.15) is 47.2 Å². The maximum Gasteiger partial charge on any atom is 0.165 e.